The van der Waals surface area contributed by atoms with Gasteiger partial charge in [0.05, 0.1) is 18.8 Å². The topological polar surface area (TPSA) is 35.5 Å². The minimum Gasteiger partial charge on any atom is -0.463 e. The molecule has 0 bridgehead atoms. The number of carbonyl (C=O) groups is 1. The molecule has 0 aliphatic heterocycles. The second-order valence-electron chi connectivity index (χ2n) is 4.69. The fourth-order valence-electron chi connectivity index (χ4n) is 0.866. The van der Waals surface area contributed by atoms with Crippen LogP contribution in [0.25, 0.3) is 0 Å². The van der Waals surface area contributed by atoms with E-state index in [4.69, 9.17) is 9.47 Å². The maximum absolute atomic E-state index is 11.1. The molecule has 0 unspecified atom stereocenters. The third kappa shape index (κ3) is 8.18. The molecule has 0 aromatic rings. The van der Waals surface area contributed by atoms with Crippen LogP contribution in [-0.4, -0.2) is 25.8 Å². The maximum atomic E-state index is 11.1. The Morgan fingerprint density at radius 1 is 1.33 bits per heavy atom. The van der Waals surface area contributed by atoms with E-state index in [9.17, 15) is 4.79 Å². The summed E-state index contributed by atoms with van der Waals surface area (Å²) in [6.07, 6.45) is 0.961. The van der Waals surface area contributed by atoms with Crippen LogP contribution in [0.4, 0.5) is 0 Å². The standard InChI is InChI=1S/C12H22O3/c1-6-15-11(13)10(2)9-14-8-7-12(3,4)5/h2,6-9H2,1,3-5H3. The van der Waals surface area contributed by atoms with Gasteiger partial charge in [0.2, 0.25) is 0 Å². The first-order valence-corrected chi connectivity index (χ1v) is 5.29. The molecule has 3 nitrogen and oxygen atoms in total. The van der Waals surface area contributed by atoms with Crippen LogP contribution >= 0.6 is 0 Å². The van der Waals surface area contributed by atoms with Crippen molar-refractivity contribution < 1.29 is 14.3 Å². The van der Waals surface area contributed by atoms with Crippen molar-refractivity contribution in [3.63, 3.8) is 0 Å². The first kappa shape index (κ1) is 14.2. The van der Waals surface area contributed by atoms with E-state index in [0.717, 1.165) is 6.42 Å². The Morgan fingerprint density at radius 2 is 1.93 bits per heavy atom. The van der Waals surface area contributed by atoms with Crippen LogP contribution in [0.2, 0.25) is 0 Å². The van der Waals surface area contributed by atoms with Gasteiger partial charge in [-0.2, -0.15) is 0 Å². The van der Waals surface area contributed by atoms with Crippen molar-refractivity contribution in [3.05, 3.63) is 12.2 Å². The number of hydrogen-bond donors (Lipinski definition) is 0. The second kappa shape index (κ2) is 6.62. The van der Waals surface area contributed by atoms with Crippen LogP contribution in [0.5, 0.6) is 0 Å². The van der Waals surface area contributed by atoms with Crippen LogP contribution in [-0.2, 0) is 14.3 Å². The summed E-state index contributed by atoms with van der Waals surface area (Å²) in [6.45, 7) is 13.1. The van der Waals surface area contributed by atoms with Gasteiger partial charge in [-0.1, -0.05) is 27.4 Å². The molecule has 0 aromatic carbocycles. The van der Waals surface area contributed by atoms with Gasteiger partial charge in [-0.25, -0.2) is 4.79 Å². The van der Waals surface area contributed by atoms with Gasteiger partial charge in [0.1, 0.15) is 0 Å². The Balaban J connectivity index is 3.60. The summed E-state index contributed by atoms with van der Waals surface area (Å²) in [7, 11) is 0. The molecule has 0 heterocycles. The molecular formula is C12H22O3. The van der Waals surface area contributed by atoms with Gasteiger partial charge in [-0.3, -0.25) is 0 Å². The van der Waals surface area contributed by atoms with Crippen molar-refractivity contribution >= 4 is 5.97 Å². The largest absolute Gasteiger partial charge is 0.463 e. The summed E-state index contributed by atoms with van der Waals surface area (Å²) < 4.78 is 10.1. The number of carbonyl (C=O) groups excluding carboxylic acids is 1. The summed E-state index contributed by atoms with van der Waals surface area (Å²) in [5, 5.41) is 0. The predicted octanol–water partition coefficient (Wildman–Crippen LogP) is 2.56. The maximum Gasteiger partial charge on any atom is 0.335 e. The normalized spacial score (nSPS) is 11.2. The summed E-state index contributed by atoms with van der Waals surface area (Å²) in [4.78, 5) is 11.1. The number of ether oxygens (including phenoxy) is 2. The Morgan fingerprint density at radius 3 is 2.40 bits per heavy atom. The molecule has 88 valence electrons. The molecule has 15 heavy (non-hydrogen) atoms. The fourth-order valence-corrected chi connectivity index (χ4v) is 0.866. The summed E-state index contributed by atoms with van der Waals surface area (Å²) in [5.74, 6) is -0.367. The zero-order valence-corrected chi connectivity index (χ0v) is 10.3. The molecule has 0 aliphatic rings. The van der Waals surface area contributed by atoms with Crippen LogP contribution in [0.3, 0.4) is 0 Å². The lowest BCUT2D eigenvalue weighted by Crippen LogP contribution is -2.14. The molecule has 0 fully saturated rings. The summed E-state index contributed by atoms with van der Waals surface area (Å²) in [5.41, 5.74) is 0.636. The molecule has 0 spiro atoms. The van der Waals surface area contributed by atoms with E-state index in [1.165, 1.54) is 0 Å². The van der Waals surface area contributed by atoms with Crippen molar-refractivity contribution in [2.75, 3.05) is 19.8 Å². The smallest absolute Gasteiger partial charge is 0.335 e. The van der Waals surface area contributed by atoms with Crippen LogP contribution < -0.4 is 0 Å². The van der Waals surface area contributed by atoms with Crippen molar-refractivity contribution in [3.8, 4) is 0 Å². The number of hydrogen-bond acceptors (Lipinski definition) is 3. The van der Waals surface area contributed by atoms with E-state index in [1.807, 2.05) is 0 Å². The van der Waals surface area contributed by atoms with Crippen LogP contribution in [0.1, 0.15) is 34.1 Å². The third-order valence-corrected chi connectivity index (χ3v) is 1.84. The predicted molar refractivity (Wildman–Crippen MR) is 60.7 cm³/mol. The zero-order chi connectivity index (χ0) is 11.9. The Bertz CT molecular complexity index is 213. The van der Waals surface area contributed by atoms with Crippen LogP contribution in [0.15, 0.2) is 12.2 Å². The monoisotopic (exact) mass is 214 g/mol. The summed E-state index contributed by atoms with van der Waals surface area (Å²) >= 11 is 0. The summed E-state index contributed by atoms with van der Waals surface area (Å²) in [6, 6.07) is 0. The van der Waals surface area contributed by atoms with Crippen molar-refractivity contribution in [1.82, 2.24) is 0 Å². The second-order valence-corrected chi connectivity index (χ2v) is 4.69. The van der Waals surface area contributed by atoms with Gasteiger partial charge in [-0.15, -0.1) is 0 Å². The molecule has 0 rings (SSSR count). The first-order chi connectivity index (χ1) is 6.87. The van der Waals surface area contributed by atoms with E-state index in [0.29, 0.717) is 18.8 Å². The van der Waals surface area contributed by atoms with Gasteiger partial charge < -0.3 is 9.47 Å². The van der Waals surface area contributed by atoms with E-state index >= 15 is 0 Å². The minimum atomic E-state index is -0.367. The van der Waals surface area contributed by atoms with Gasteiger partial charge in [-0.05, 0) is 18.8 Å². The molecule has 0 atom stereocenters. The lowest BCUT2D eigenvalue weighted by atomic mass is 9.93. The molecular weight excluding hydrogens is 192 g/mol. The highest BCUT2D eigenvalue weighted by Gasteiger charge is 2.11. The van der Waals surface area contributed by atoms with Gasteiger partial charge >= 0.3 is 5.97 Å². The van der Waals surface area contributed by atoms with Crippen molar-refractivity contribution in [1.29, 1.82) is 0 Å². The van der Waals surface area contributed by atoms with Crippen molar-refractivity contribution in [2.24, 2.45) is 5.41 Å². The highest BCUT2D eigenvalue weighted by Crippen LogP contribution is 2.17. The Hall–Kier alpha value is -0.830. The molecule has 3 heteroatoms. The van der Waals surface area contributed by atoms with Gasteiger partial charge in [0, 0.05) is 6.61 Å². The van der Waals surface area contributed by atoms with Gasteiger partial charge in [0.25, 0.3) is 0 Å². The fraction of sp³-hybridized carbons (Fsp3) is 0.750. The molecule has 0 saturated heterocycles. The van der Waals surface area contributed by atoms with E-state index in [2.05, 4.69) is 27.4 Å². The van der Waals surface area contributed by atoms with E-state index < -0.39 is 0 Å². The molecule has 0 aliphatic carbocycles. The molecule has 0 aromatic heterocycles. The highest BCUT2D eigenvalue weighted by atomic mass is 16.5. The average Bonchev–Trinajstić information content (AvgIpc) is 2.11. The van der Waals surface area contributed by atoms with E-state index in [1.54, 1.807) is 6.92 Å². The molecule has 0 amide bonds. The number of rotatable bonds is 6. The minimum absolute atomic E-state index is 0.255. The number of esters is 1. The Labute approximate surface area is 92.5 Å². The van der Waals surface area contributed by atoms with E-state index in [-0.39, 0.29) is 18.0 Å². The molecule has 0 radical (unpaired) electrons. The zero-order valence-electron chi connectivity index (χ0n) is 10.3. The SMILES string of the molecule is C=C(COCCC(C)(C)C)C(=O)OCC. The Kier molecular flexibility index (Phi) is 6.25. The van der Waals surface area contributed by atoms with Gasteiger partial charge in [0.15, 0.2) is 0 Å². The lowest BCUT2D eigenvalue weighted by molar-refractivity contribution is -0.139. The van der Waals surface area contributed by atoms with Crippen molar-refractivity contribution in [2.45, 2.75) is 34.1 Å². The highest BCUT2D eigenvalue weighted by molar-refractivity contribution is 5.87. The quantitative estimate of drug-likeness (QED) is 0.387. The molecule has 0 N–H and O–H groups in total. The third-order valence-electron chi connectivity index (χ3n) is 1.84. The molecule has 0 saturated carbocycles. The first-order valence-electron chi connectivity index (χ1n) is 5.29. The lowest BCUT2D eigenvalue weighted by Gasteiger charge is -2.17. The average molecular weight is 214 g/mol. The van der Waals surface area contributed by atoms with Crippen LogP contribution in [0, 0.1) is 5.41 Å².